The van der Waals surface area contributed by atoms with E-state index < -0.39 is 0 Å². The Hall–Kier alpha value is -2.50. The average Bonchev–Trinajstić information content (AvgIpc) is 2.91. The van der Waals surface area contributed by atoms with Crippen LogP contribution in [0.5, 0.6) is 0 Å². The topological polar surface area (TPSA) is 73.4 Å². The van der Waals surface area contributed by atoms with Gasteiger partial charge in [-0.2, -0.15) is 5.10 Å². The fourth-order valence-electron chi connectivity index (χ4n) is 1.85. The molecule has 0 aliphatic carbocycles. The maximum absolute atomic E-state index is 12.1. The number of anilines is 2. The zero-order chi connectivity index (χ0) is 14.5. The summed E-state index contributed by atoms with van der Waals surface area (Å²) in [6, 6.07) is 7.02. The smallest absolute Gasteiger partial charge is 0.340 e. The average molecular weight is 274 g/mol. The Morgan fingerprint density at radius 2 is 2.25 bits per heavy atom. The van der Waals surface area contributed by atoms with Crippen LogP contribution >= 0.6 is 0 Å². The normalized spacial score (nSPS) is 10.3. The zero-order valence-electron chi connectivity index (χ0n) is 11.6. The molecule has 1 heterocycles. The number of aromatic nitrogens is 2. The molecule has 0 amide bonds. The molecular weight excluding hydrogens is 256 g/mol. The third-order valence-corrected chi connectivity index (χ3v) is 2.84. The second kappa shape index (κ2) is 6.10. The van der Waals surface area contributed by atoms with Gasteiger partial charge >= 0.3 is 5.97 Å². The molecule has 2 aromatic rings. The van der Waals surface area contributed by atoms with Gasteiger partial charge in [-0.1, -0.05) is 0 Å². The zero-order valence-corrected chi connectivity index (χ0v) is 11.6. The lowest BCUT2D eigenvalue weighted by Crippen LogP contribution is -2.17. The molecule has 20 heavy (non-hydrogen) atoms. The number of carbonyl (C=O) groups excluding carboxylic acids is 1. The maximum atomic E-state index is 12.1. The van der Waals surface area contributed by atoms with Crippen LogP contribution in [0.4, 0.5) is 11.4 Å². The van der Waals surface area contributed by atoms with Crippen molar-refractivity contribution in [1.82, 2.24) is 9.78 Å². The molecule has 106 valence electrons. The number of nitrogen functional groups attached to an aromatic ring is 1. The summed E-state index contributed by atoms with van der Waals surface area (Å²) in [6.07, 6.45) is 3.50. The molecule has 0 aliphatic heterocycles. The second-order valence-corrected chi connectivity index (χ2v) is 4.58. The molecule has 0 atom stereocenters. The van der Waals surface area contributed by atoms with Gasteiger partial charge in [0.2, 0.25) is 0 Å². The quantitative estimate of drug-likeness (QED) is 0.659. The van der Waals surface area contributed by atoms with Gasteiger partial charge in [-0.3, -0.25) is 4.68 Å². The van der Waals surface area contributed by atoms with Crippen LogP contribution in [0.25, 0.3) is 0 Å². The molecule has 2 rings (SSSR count). The minimum atomic E-state index is -0.381. The summed E-state index contributed by atoms with van der Waals surface area (Å²) >= 11 is 0. The Labute approximate surface area is 117 Å². The Bertz CT molecular complexity index is 579. The Morgan fingerprint density at radius 1 is 1.45 bits per heavy atom. The van der Waals surface area contributed by atoms with Gasteiger partial charge in [-0.05, 0) is 24.3 Å². The number of benzene rings is 1. The Kier molecular flexibility index (Phi) is 4.24. The SMILES string of the molecule is CN(C)c1ccc(N)cc1C(=O)OCCn1cccn1. The third kappa shape index (κ3) is 3.28. The van der Waals surface area contributed by atoms with Gasteiger partial charge in [0, 0.05) is 32.2 Å². The van der Waals surface area contributed by atoms with Crippen molar-refractivity contribution in [2.45, 2.75) is 6.54 Å². The van der Waals surface area contributed by atoms with E-state index in [1.165, 1.54) is 0 Å². The molecule has 0 unspecified atom stereocenters. The Morgan fingerprint density at radius 3 is 2.90 bits per heavy atom. The van der Waals surface area contributed by atoms with Crippen molar-refractivity contribution in [3.63, 3.8) is 0 Å². The van der Waals surface area contributed by atoms with Gasteiger partial charge in [0.1, 0.15) is 6.61 Å². The van der Waals surface area contributed by atoms with Gasteiger partial charge in [0.05, 0.1) is 17.8 Å². The van der Waals surface area contributed by atoms with Gasteiger partial charge in [-0.25, -0.2) is 4.79 Å². The number of esters is 1. The summed E-state index contributed by atoms with van der Waals surface area (Å²) in [5.74, 6) is -0.381. The van der Waals surface area contributed by atoms with Crippen LogP contribution in [-0.2, 0) is 11.3 Å². The second-order valence-electron chi connectivity index (χ2n) is 4.58. The number of hydrogen-bond donors (Lipinski definition) is 1. The Balaban J connectivity index is 2.03. The lowest BCUT2D eigenvalue weighted by atomic mass is 10.1. The number of nitrogens with two attached hydrogens (primary N) is 1. The van der Waals surface area contributed by atoms with Gasteiger partial charge in [-0.15, -0.1) is 0 Å². The van der Waals surface area contributed by atoms with E-state index in [1.54, 1.807) is 29.1 Å². The van der Waals surface area contributed by atoms with Crippen LogP contribution in [-0.4, -0.2) is 36.5 Å². The first-order valence-electron chi connectivity index (χ1n) is 6.29. The summed E-state index contributed by atoms with van der Waals surface area (Å²) in [6.45, 7) is 0.792. The minimum Gasteiger partial charge on any atom is -0.460 e. The van der Waals surface area contributed by atoms with Crippen molar-refractivity contribution in [2.24, 2.45) is 0 Å². The molecule has 0 saturated heterocycles. The van der Waals surface area contributed by atoms with E-state index in [4.69, 9.17) is 10.5 Å². The molecule has 1 aromatic heterocycles. The largest absolute Gasteiger partial charge is 0.460 e. The number of nitrogens with zero attached hydrogens (tertiary/aromatic N) is 3. The predicted octanol–water partition coefficient (Wildman–Crippen LogP) is 1.39. The van der Waals surface area contributed by atoms with Crippen molar-refractivity contribution in [2.75, 3.05) is 31.3 Å². The van der Waals surface area contributed by atoms with Gasteiger partial charge in [0.15, 0.2) is 0 Å². The molecule has 0 saturated carbocycles. The number of rotatable bonds is 5. The molecule has 0 fully saturated rings. The van der Waals surface area contributed by atoms with Crippen LogP contribution in [0.3, 0.4) is 0 Å². The van der Waals surface area contributed by atoms with Crippen LogP contribution in [0.1, 0.15) is 10.4 Å². The molecular formula is C14H18N4O2. The number of carbonyl (C=O) groups is 1. The third-order valence-electron chi connectivity index (χ3n) is 2.84. The van der Waals surface area contributed by atoms with Crippen molar-refractivity contribution >= 4 is 17.3 Å². The van der Waals surface area contributed by atoms with Crippen molar-refractivity contribution < 1.29 is 9.53 Å². The van der Waals surface area contributed by atoms with E-state index in [0.717, 1.165) is 5.69 Å². The summed E-state index contributed by atoms with van der Waals surface area (Å²) in [7, 11) is 3.73. The van der Waals surface area contributed by atoms with Crippen LogP contribution in [0, 0.1) is 0 Å². The van der Waals surface area contributed by atoms with Crippen molar-refractivity contribution in [1.29, 1.82) is 0 Å². The molecule has 2 N–H and O–H groups in total. The van der Waals surface area contributed by atoms with Gasteiger partial charge in [0.25, 0.3) is 0 Å². The molecule has 0 bridgehead atoms. The fourth-order valence-corrected chi connectivity index (χ4v) is 1.85. The lowest BCUT2D eigenvalue weighted by molar-refractivity contribution is 0.0488. The standard InChI is InChI=1S/C14H18N4O2/c1-17(2)13-5-4-11(15)10-12(13)14(19)20-9-8-18-7-3-6-16-18/h3-7,10H,8-9,15H2,1-2H3. The minimum absolute atomic E-state index is 0.266. The first-order valence-corrected chi connectivity index (χ1v) is 6.29. The van der Waals surface area contributed by atoms with Gasteiger partial charge < -0.3 is 15.4 Å². The predicted molar refractivity (Wildman–Crippen MR) is 77.7 cm³/mol. The highest BCUT2D eigenvalue weighted by Crippen LogP contribution is 2.22. The van der Waals surface area contributed by atoms with Crippen molar-refractivity contribution in [3.05, 3.63) is 42.2 Å². The van der Waals surface area contributed by atoms with E-state index in [0.29, 0.717) is 17.8 Å². The fraction of sp³-hybridized carbons (Fsp3) is 0.286. The van der Waals surface area contributed by atoms with Crippen LogP contribution in [0.15, 0.2) is 36.7 Å². The van der Waals surface area contributed by atoms with E-state index in [2.05, 4.69) is 5.10 Å². The summed E-state index contributed by atoms with van der Waals surface area (Å²) < 4.78 is 6.97. The first kappa shape index (κ1) is 13.9. The summed E-state index contributed by atoms with van der Waals surface area (Å²) in [5, 5.41) is 4.04. The highest BCUT2D eigenvalue weighted by Gasteiger charge is 2.14. The molecule has 6 heteroatoms. The molecule has 1 aromatic carbocycles. The molecule has 0 radical (unpaired) electrons. The molecule has 0 aliphatic rings. The van der Waals surface area contributed by atoms with E-state index >= 15 is 0 Å². The van der Waals surface area contributed by atoms with E-state index in [-0.39, 0.29) is 12.6 Å². The first-order chi connectivity index (χ1) is 9.58. The maximum Gasteiger partial charge on any atom is 0.340 e. The van der Waals surface area contributed by atoms with Crippen LogP contribution in [0.2, 0.25) is 0 Å². The molecule has 6 nitrogen and oxygen atoms in total. The lowest BCUT2D eigenvalue weighted by Gasteiger charge is -2.17. The number of hydrogen-bond acceptors (Lipinski definition) is 5. The van der Waals surface area contributed by atoms with E-state index in [1.807, 2.05) is 31.3 Å². The highest BCUT2D eigenvalue weighted by molar-refractivity contribution is 5.96. The highest BCUT2D eigenvalue weighted by atomic mass is 16.5. The summed E-state index contributed by atoms with van der Waals surface area (Å²) in [5.41, 5.74) is 7.52. The molecule has 0 spiro atoms. The number of ether oxygens (including phenoxy) is 1. The van der Waals surface area contributed by atoms with E-state index in [9.17, 15) is 4.79 Å². The van der Waals surface area contributed by atoms with Crippen LogP contribution < -0.4 is 10.6 Å². The van der Waals surface area contributed by atoms with Crippen molar-refractivity contribution in [3.8, 4) is 0 Å². The monoisotopic (exact) mass is 274 g/mol. The summed E-state index contributed by atoms with van der Waals surface area (Å²) in [4.78, 5) is 14.0.